The van der Waals surface area contributed by atoms with Crippen molar-refractivity contribution in [2.24, 2.45) is 29.2 Å². The molecule has 0 aromatic carbocycles. The zero-order chi connectivity index (χ0) is 33.8. The molecule has 6 atom stereocenters. The second-order valence-electron chi connectivity index (χ2n) is 12.0. The largest absolute Gasteiger partial charge is 0.391 e. The number of nitrogens with two attached hydrogens (primary N) is 2. The Morgan fingerprint density at radius 1 is 0.705 bits per heavy atom. The third kappa shape index (κ3) is 16.3. The maximum atomic E-state index is 13.2. The van der Waals surface area contributed by atoms with Crippen molar-refractivity contribution in [2.45, 2.75) is 130 Å². The summed E-state index contributed by atoms with van der Waals surface area (Å²) < 4.78 is 0. The molecule has 0 fully saturated rings. The van der Waals surface area contributed by atoms with E-state index in [2.05, 4.69) is 10.6 Å². The normalized spacial score (nSPS) is 15.3. The van der Waals surface area contributed by atoms with E-state index in [1.54, 1.807) is 0 Å². The van der Waals surface area contributed by atoms with Crippen molar-refractivity contribution in [3.05, 3.63) is 0 Å². The van der Waals surface area contributed by atoms with Crippen LogP contribution in [0.2, 0.25) is 0 Å². The molecule has 0 unspecified atom stereocenters. The number of unbranched alkanes of at least 4 members (excludes halogenated alkanes) is 3. The Morgan fingerprint density at radius 3 is 1.80 bits per heavy atom. The summed E-state index contributed by atoms with van der Waals surface area (Å²) in [7, 11) is 0. The first kappa shape index (κ1) is 41.2. The van der Waals surface area contributed by atoms with Crippen LogP contribution in [0.4, 0.5) is 0 Å². The number of aliphatic hydroxyl groups excluding tert-OH is 1. The predicted octanol–water partition coefficient (Wildman–Crippen LogP) is 1.71. The zero-order valence-electron chi connectivity index (χ0n) is 27.3. The Kier molecular flexibility index (Phi) is 21.2. The fraction of sp³-hybridized carbons (Fsp3) is 0.781. The van der Waals surface area contributed by atoms with Crippen molar-refractivity contribution in [3.8, 4) is 0 Å². The van der Waals surface area contributed by atoms with E-state index in [0.29, 0.717) is 51.6 Å². The van der Waals surface area contributed by atoms with Gasteiger partial charge in [0.2, 0.25) is 17.6 Å². The molecule has 0 aliphatic carbocycles. The molecular formula is C32H56N4O8. The number of carbonyl (C=O) groups is 7. The first-order valence-electron chi connectivity index (χ1n) is 16.0. The number of rotatable bonds is 26. The summed E-state index contributed by atoms with van der Waals surface area (Å²) in [5.74, 6) is -5.82. The molecule has 0 aromatic heterocycles. The Labute approximate surface area is 262 Å². The molecule has 0 heterocycles. The summed E-state index contributed by atoms with van der Waals surface area (Å²) in [6.45, 7) is 8.29. The first-order chi connectivity index (χ1) is 20.7. The fourth-order valence-electron chi connectivity index (χ4n) is 4.88. The smallest absolute Gasteiger partial charge is 0.224 e. The van der Waals surface area contributed by atoms with E-state index in [4.69, 9.17) is 11.5 Å². The van der Waals surface area contributed by atoms with Gasteiger partial charge in [-0.3, -0.25) is 33.6 Å². The number of ketones is 5. The minimum atomic E-state index is -1.29. The van der Waals surface area contributed by atoms with Crippen molar-refractivity contribution >= 4 is 40.7 Å². The van der Waals surface area contributed by atoms with Crippen molar-refractivity contribution in [3.63, 3.8) is 0 Å². The highest BCUT2D eigenvalue weighted by Gasteiger charge is 2.33. The van der Waals surface area contributed by atoms with Gasteiger partial charge in [-0.05, 0) is 58.5 Å². The topological polar surface area (TPSA) is 216 Å². The predicted molar refractivity (Wildman–Crippen MR) is 167 cm³/mol. The number of nitrogens with one attached hydrogen (secondary N) is 2. The van der Waals surface area contributed by atoms with E-state index in [1.807, 2.05) is 6.92 Å². The molecule has 7 N–H and O–H groups in total. The Hall–Kier alpha value is -2.83. The molecular weight excluding hydrogens is 568 g/mol. The molecule has 252 valence electrons. The van der Waals surface area contributed by atoms with Gasteiger partial charge < -0.3 is 27.2 Å². The minimum Gasteiger partial charge on any atom is -0.391 e. The molecule has 12 heteroatoms. The standard InChI is InChI=1S/C32H56N4O8/c1-6-7-13-25(39)19-24(12-8-10-15-33)32(44)36-29(22(4)37)28(41)18-21(3)31(43)35-26(14-9-11-16-34)27(40)17-20(2)30(42)23(5)38/h20-22,24,26,29,37H,6-19,33-34H2,1-5H3,(H,35,43)(H,36,44)/t20-,21-,22-,24-,26+,29+/m1/s1. The summed E-state index contributed by atoms with van der Waals surface area (Å²) in [5.41, 5.74) is 11.1. The first-order valence-corrected chi connectivity index (χ1v) is 16.0. The van der Waals surface area contributed by atoms with Gasteiger partial charge in [0.15, 0.2) is 17.3 Å². The van der Waals surface area contributed by atoms with Gasteiger partial charge in [0.25, 0.3) is 0 Å². The summed E-state index contributed by atoms with van der Waals surface area (Å²) >= 11 is 0. The van der Waals surface area contributed by atoms with Crippen LogP contribution in [0.3, 0.4) is 0 Å². The van der Waals surface area contributed by atoms with E-state index in [9.17, 15) is 38.7 Å². The summed E-state index contributed by atoms with van der Waals surface area (Å²) in [6.07, 6.45) is 3.33. The highest BCUT2D eigenvalue weighted by Crippen LogP contribution is 2.18. The fourth-order valence-corrected chi connectivity index (χ4v) is 4.88. The number of amides is 2. The van der Waals surface area contributed by atoms with Crippen LogP contribution in [-0.2, 0) is 33.6 Å². The van der Waals surface area contributed by atoms with Gasteiger partial charge >= 0.3 is 0 Å². The number of hydrogen-bond acceptors (Lipinski definition) is 10. The van der Waals surface area contributed by atoms with Crippen molar-refractivity contribution < 1.29 is 38.7 Å². The van der Waals surface area contributed by atoms with Crippen molar-refractivity contribution in [1.82, 2.24) is 10.6 Å². The Bertz CT molecular complexity index is 968. The third-order valence-electron chi connectivity index (χ3n) is 7.70. The quantitative estimate of drug-likeness (QED) is 0.0693. The average molecular weight is 625 g/mol. The molecule has 2 amide bonds. The second kappa shape index (κ2) is 22.6. The number of hydrogen-bond donors (Lipinski definition) is 5. The SMILES string of the molecule is CCCCC(=O)C[C@@H](CCCCN)C(=O)N[C@H](C(=O)C[C@@H](C)C(=O)N[C@@H](CCCCN)C(=O)C[C@@H](C)C(=O)C(C)=O)[C@@H](C)O. The lowest BCUT2D eigenvalue weighted by molar-refractivity contribution is -0.139. The van der Waals surface area contributed by atoms with Gasteiger partial charge in [-0.25, -0.2) is 0 Å². The van der Waals surface area contributed by atoms with E-state index in [0.717, 1.165) is 19.8 Å². The van der Waals surface area contributed by atoms with E-state index >= 15 is 0 Å². The molecule has 12 nitrogen and oxygen atoms in total. The van der Waals surface area contributed by atoms with E-state index in [-0.39, 0.29) is 31.5 Å². The van der Waals surface area contributed by atoms with Crippen LogP contribution in [0.15, 0.2) is 0 Å². The molecule has 0 saturated carbocycles. The van der Waals surface area contributed by atoms with Crippen LogP contribution in [0.1, 0.15) is 112 Å². The summed E-state index contributed by atoms with van der Waals surface area (Å²) in [4.78, 5) is 88.3. The van der Waals surface area contributed by atoms with E-state index < -0.39 is 70.9 Å². The third-order valence-corrected chi connectivity index (χ3v) is 7.70. The van der Waals surface area contributed by atoms with Crippen LogP contribution in [-0.4, -0.2) is 77.1 Å². The molecule has 44 heavy (non-hydrogen) atoms. The van der Waals surface area contributed by atoms with Crippen LogP contribution >= 0.6 is 0 Å². The highest BCUT2D eigenvalue weighted by atomic mass is 16.3. The van der Waals surface area contributed by atoms with Crippen molar-refractivity contribution in [1.29, 1.82) is 0 Å². The summed E-state index contributed by atoms with van der Waals surface area (Å²) in [5, 5.41) is 15.6. The number of carbonyl (C=O) groups excluding carboxylic acids is 7. The summed E-state index contributed by atoms with van der Waals surface area (Å²) in [6, 6.07) is -2.22. The molecule has 0 spiro atoms. The second-order valence-corrected chi connectivity index (χ2v) is 12.0. The lowest BCUT2D eigenvalue weighted by Crippen LogP contribution is -2.51. The zero-order valence-corrected chi connectivity index (χ0v) is 27.3. The van der Waals surface area contributed by atoms with Gasteiger partial charge in [-0.15, -0.1) is 0 Å². The minimum absolute atomic E-state index is 0.0339. The average Bonchev–Trinajstić information content (AvgIpc) is 2.96. The van der Waals surface area contributed by atoms with Crippen LogP contribution < -0.4 is 22.1 Å². The Balaban J connectivity index is 5.53. The maximum absolute atomic E-state index is 13.2. The molecule has 0 aliphatic heterocycles. The van der Waals surface area contributed by atoms with Gasteiger partial charge in [-0.2, -0.15) is 0 Å². The van der Waals surface area contributed by atoms with E-state index in [1.165, 1.54) is 20.8 Å². The van der Waals surface area contributed by atoms with Gasteiger partial charge in [0.05, 0.1) is 12.1 Å². The lowest BCUT2D eigenvalue weighted by atomic mass is 9.91. The van der Waals surface area contributed by atoms with Crippen LogP contribution in [0, 0.1) is 17.8 Å². The van der Waals surface area contributed by atoms with Crippen LogP contribution in [0.5, 0.6) is 0 Å². The van der Waals surface area contributed by atoms with Crippen LogP contribution in [0.25, 0.3) is 0 Å². The maximum Gasteiger partial charge on any atom is 0.224 e. The molecule has 0 saturated heterocycles. The number of aliphatic hydroxyl groups is 1. The molecule has 0 rings (SSSR count). The number of Topliss-reactive ketones (excluding diaryl/α,β-unsaturated/α-hetero) is 5. The van der Waals surface area contributed by atoms with Gasteiger partial charge in [0, 0.05) is 50.4 Å². The Morgan fingerprint density at radius 2 is 1.27 bits per heavy atom. The molecule has 0 bridgehead atoms. The van der Waals surface area contributed by atoms with Gasteiger partial charge in [-0.1, -0.05) is 33.6 Å². The van der Waals surface area contributed by atoms with Gasteiger partial charge in [0.1, 0.15) is 11.8 Å². The highest BCUT2D eigenvalue weighted by molar-refractivity contribution is 6.37. The van der Waals surface area contributed by atoms with Crippen molar-refractivity contribution in [2.75, 3.05) is 13.1 Å². The monoisotopic (exact) mass is 624 g/mol. The molecule has 0 aromatic rings. The lowest BCUT2D eigenvalue weighted by Gasteiger charge is -2.25. The molecule has 0 radical (unpaired) electrons. The molecule has 0 aliphatic rings.